The van der Waals surface area contributed by atoms with Crippen LogP contribution in [0, 0.1) is 0 Å². The largest absolute Gasteiger partial charge is 0.399 e. The van der Waals surface area contributed by atoms with E-state index in [2.05, 4.69) is 55.2 Å². The molecular weight excluding hydrogens is 268 g/mol. The second kappa shape index (κ2) is 4.44. The van der Waals surface area contributed by atoms with Gasteiger partial charge in [-0.15, -0.1) is 0 Å². The van der Waals surface area contributed by atoms with Crippen molar-refractivity contribution in [2.75, 3.05) is 5.73 Å². The Bertz CT molecular complexity index is 864. The topological polar surface area (TPSA) is 38.9 Å². The van der Waals surface area contributed by atoms with Gasteiger partial charge in [0.25, 0.3) is 0 Å². The van der Waals surface area contributed by atoms with Crippen LogP contribution in [0.2, 0.25) is 0 Å². The molecule has 4 rings (SSSR count). The average molecular weight is 286 g/mol. The highest BCUT2D eigenvalue weighted by Gasteiger charge is 2.35. The molecule has 0 bridgehead atoms. The molecule has 1 aliphatic carbocycles. The zero-order valence-corrected chi connectivity index (χ0v) is 12.8. The van der Waals surface area contributed by atoms with Gasteiger partial charge in [-0.05, 0) is 52.1 Å². The molecule has 108 valence electrons. The van der Waals surface area contributed by atoms with Crippen molar-refractivity contribution < 1.29 is 0 Å². The second-order valence-corrected chi connectivity index (χ2v) is 6.43. The van der Waals surface area contributed by atoms with Gasteiger partial charge in [0.1, 0.15) is 0 Å². The number of anilines is 1. The highest BCUT2D eigenvalue weighted by molar-refractivity contribution is 5.85. The summed E-state index contributed by atoms with van der Waals surface area (Å²) >= 11 is 0. The number of benzene rings is 2. The van der Waals surface area contributed by atoms with Gasteiger partial charge in [0.2, 0.25) is 0 Å². The van der Waals surface area contributed by atoms with Crippen molar-refractivity contribution in [1.82, 2.24) is 4.98 Å². The van der Waals surface area contributed by atoms with E-state index in [1.165, 1.54) is 27.8 Å². The van der Waals surface area contributed by atoms with Crippen LogP contribution >= 0.6 is 0 Å². The summed E-state index contributed by atoms with van der Waals surface area (Å²) in [6.45, 7) is 4.55. The van der Waals surface area contributed by atoms with E-state index in [0.29, 0.717) is 0 Å². The molecule has 0 unspecified atom stereocenters. The molecule has 0 saturated carbocycles. The minimum absolute atomic E-state index is 0.0197. The summed E-state index contributed by atoms with van der Waals surface area (Å²) < 4.78 is 0. The Morgan fingerprint density at radius 1 is 0.864 bits per heavy atom. The lowest BCUT2D eigenvalue weighted by atomic mass is 9.82. The number of nitrogens with two attached hydrogens (primary N) is 1. The first-order chi connectivity index (χ1) is 10.6. The maximum Gasteiger partial charge on any atom is 0.0346 e. The number of fused-ring (bicyclic) bond motifs is 3. The van der Waals surface area contributed by atoms with E-state index in [0.717, 1.165) is 11.3 Å². The number of aromatic nitrogens is 1. The molecule has 0 amide bonds. The Hall–Kier alpha value is -2.61. The lowest BCUT2D eigenvalue weighted by Crippen LogP contribution is -2.14. The highest BCUT2D eigenvalue weighted by Crippen LogP contribution is 2.49. The van der Waals surface area contributed by atoms with E-state index >= 15 is 0 Å². The molecule has 0 radical (unpaired) electrons. The number of hydrogen-bond donors (Lipinski definition) is 1. The fraction of sp³-hybridized carbons (Fsp3) is 0.150. The minimum atomic E-state index is 0.0197. The molecule has 2 N–H and O–H groups in total. The van der Waals surface area contributed by atoms with Gasteiger partial charge in [0.05, 0.1) is 0 Å². The van der Waals surface area contributed by atoms with Crippen LogP contribution in [0.15, 0.2) is 60.9 Å². The molecule has 3 aromatic rings. The van der Waals surface area contributed by atoms with Crippen molar-refractivity contribution in [1.29, 1.82) is 0 Å². The molecule has 0 atom stereocenters. The van der Waals surface area contributed by atoms with Crippen LogP contribution in [0.3, 0.4) is 0 Å². The minimum Gasteiger partial charge on any atom is -0.399 e. The predicted molar refractivity (Wildman–Crippen MR) is 91.6 cm³/mol. The van der Waals surface area contributed by atoms with Crippen LogP contribution in [0.5, 0.6) is 0 Å². The molecule has 0 saturated heterocycles. The average Bonchev–Trinajstić information content (AvgIpc) is 2.75. The number of nitrogen functional groups attached to an aromatic ring is 1. The molecule has 1 heterocycles. The third-order valence-corrected chi connectivity index (χ3v) is 4.69. The number of hydrogen-bond acceptors (Lipinski definition) is 2. The van der Waals surface area contributed by atoms with E-state index < -0.39 is 0 Å². The first-order valence-electron chi connectivity index (χ1n) is 7.53. The van der Waals surface area contributed by atoms with Crippen molar-refractivity contribution in [2.24, 2.45) is 0 Å². The maximum absolute atomic E-state index is 6.02. The van der Waals surface area contributed by atoms with Gasteiger partial charge in [-0.25, -0.2) is 0 Å². The lowest BCUT2D eigenvalue weighted by molar-refractivity contribution is 0.660. The van der Waals surface area contributed by atoms with Gasteiger partial charge in [0.15, 0.2) is 0 Å². The van der Waals surface area contributed by atoms with E-state index in [9.17, 15) is 0 Å². The van der Waals surface area contributed by atoms with Crippen LogP contribution in [-0.4, -0.2) is 4.98 Å². The molecular formula is C20H18N2. The highest BCUT2D eigenvalue weighted by atomic mass is 14.6. The van der Waals surface area contributed by atoms with Gasteiger partial charge in [-0.3, -0.25) is 4.98 Å². The van der Waals surface area contributed by atoms with Gasteiger partial charge in [-0.2, -0.15) is 0 Å². The van der Waals surface area contributed by atoms with Crippen molar-refractivity contribution in [3.8, 4) is 22.3 Å². The van der Waals surface area contributed by atoms with Crippen LogP contribution in [0.1, 0.15) is 25.0 Å². The third-order valence-electron chi connectivity index (χ3n) is 4.69. The van der Waals surface area contributed by atoms with E-state index in [1.54, 1.807) is 6.20 Å². The number of rotatable bonds is 1. The molecule has 0 fully saturated rings. The SMILES string of the molecule is CC1(C)c2ccc(N)cc2-c2cc(-c3cccnc3)ccc21. The second-order valence-electron chi connectivity index (χ2n) is 6.43. The Balaban J connectivity index is 1.97. The van der Waals surface area contributed by atoms with Crippen molar-refractivity contribution in [2.45, 2.75) is 19.3 Å². The summed E-state index contributed by atoms with van der Waals surface area (Å²) in [7, 11) is 0. The lowest BCUT2D eigenvalue weighted by Gasteiger charge is -2.21. The van der Waals surface area contributed by atoms with Crippen molar-refractivity contribution >= 4 is 5.69 Å². The Morgan fingerprint density at radius 3 is 2.32 bits per heavy atom. The summed E-state index contributed by atoms with van der Waals surface area (Å²) in [6, 6.07) is 17.0. The summed E-state index contributed by atoms with van der Waals surface area (Å²) in [4.78, 5) is 4.22. The van der Waals surface area contributed by atoms with Crippen molar-refractivity contribution in [3.05, 3.63) is 72.1 Å². The summed E-state index contributed by atoms with van der Waals surface area (Å²) in [5, 5.41) is 0. The normalized spacial score (nSPS) is 14.5. The van der Waals surface area contributed by atoms with Crippen LogP contribution in [0.4, 0.5) is 5.69 Å². The van der Waals surface area contributed by atoms with E-state index in [4.69, 9.17) is 5.73 Å². The summed E-state index contributed by atoms with van der Waals surface area (Å²) in [6.07, 6.45) is 3.71. The fourth-order valence-corrected chi connectivity index (χ4v) is 3.50. The zero-order valence-electron chi connectivity index (χ0n) is 12.8. The predicted octanol–water partition coefficient (Wildman–Crippen LogP) is 4.64. The molecule has 2 heteroatoms. The summed E-state index contributed by atoms with van der Waals surface area (Å²) in [5.74, 6) is 0. The molecule has 2 nitrogen and oxygen atoms in total. The Labute approximate surface area is 130 Å². The summed E-state index contributed by atoms with van der Waals surface area (Å²) in [5.41, 5.74) is 14.4. The van der Waals surface area contributed by atoms with Gasteiger partial charge in [-0.1, -0.05) is 38.1 Å². The number of nitrogens with zero attached hydrogens (tertiary/aromatic N) is 1. The Kier molecular flexibility index (Phi) is 2.64. The first-order valence-corrected chi connectivity index (χ1v) is 7.53. The van der Waals surface area contributed by atoms with E-state index in [-0.39, 0.29) is 5.41 Å². The van der Waals surface area contributed by atoms with Gasteiger partial charge >= 0.3 is 0 Å². The Morgan fingerprint density at radius 2 is 1.59 bits per heavy atom. The molecule has 0 spiro atoms. The maximum atomic E-state index is 6.02. The number of pyridine rings is 1. The van der Waals surface area contributed by atoms with Gasteiger partial charge in [0, 0.05) is 29.1 Å². The van der Waals surface area contributed by atoms with Crippen LogP contribution in [-0.2, 0) is 5.41 Å². The molecule has 2 aromatic carbocycles. The monoisotopic (exact) mass is 286 g/mol. The smallest absolute Gasteiger partial charge is 0.0346 e. The van der Waals surface area contributed by atoms with Crippen LogP contribution in [0.25, 0.3) is 22.3 Å². The van der Waals surface area contributed by atoms with Crippen molar-refractivity contribution in [3.63, 3.8) is 0 Å². The first kappa shape index (κ1) is 13.1. The molecule has 1 aliphatic rings. The van der Waals surface area contributed by atoms with Crippen LogP contribution < -0.4 is 5.73 Å². The molecule has 22 heavy (non-hydrogen) atoms. The van der Waals surface area contributed by atoms with E-state index in [1.807, 2.05) is 18.3 Å². The molecule has 1 aromatic heterocycles. The quantitative estimate of drug-likeness (QED) is 0.662. The molecule has 0 aliphatic heterocycles. The van der Waals surface area contributed by atoms with Gasteiger partial charge < -0.3 is 5.73 Å². The standard InChI is InChI=1S/C20H18N2/c1-20(2)18-7-5-13(14-4-3-9-22-12-14)10-16(18)17-11-15(21)6-8-19(17)20/h3-12H,21H2,1-2H3. The zero-order chi connectivity index (χ0) is 15.3. The third kappa shape index (κ3) is 1.77. The fourth-order valence-electron chi connectivity index (χ4n) is 3.50.